The average molecular weight is 803 g/mol. The Morgan fingerprint density at radius 1 is 1.09 bits per heavy atom. The van der Waals surface area contributed by atoms with Crippen molar-refractivity contribution in [3.63, 3.8) is 0 Å². The maximum atomic E-state index is 14.6. The van der Waals surface area contributed by atoms with E-state index in [0.29, 0.717) is 50.1 Å². The number of amides is 3. The second kappa shape index (κ2) is 14.7. The Morgan fingerprint density at radius 3 is 2.55 bits per heavy atom. The zero-order valence-electron chi connectivity index (χ0n) is 31.4. The summed E-state index contributed by atoms with van der Waals surface area (Å²) in [6.45, 7) is 5.34. The highest BCUT2D eigenvalue weighted by Gasteiger charge is 2.63. The van der Waals surface area contributed by atoms with Gasteiger partial charge in [-0.15, -0.1) is 0 Å². The van der Waals surface area contributed by atoms with E-state index in [4.69, 9.17) is 4.74 Å². The van der Waals surface area contributed by atoms with Crippen LogP contribution in [-0.2, 0) is 30.6 Å². The summed E-state index contributed by atoms with van der Waals surface area (Å²) in [5.74, 6) is -3.86. The van der Waals surface area contributed by atoms with Gasteiger partial charge in [0.2, 0.25) is 21.8 Å². The molecular formula is C39H46F4N6O6S. The SMILES string of the molecule is CC(C)n1c(O[C@@H]2C[C@H]3C(=O)N[C@]4(C(=O)NS(=O)(=O)C5(C)CC5)C[C@@H]4/C=C\CCCCC[C@H](Nc4cc(F)cc(C(F)(F)F)c4)C(=O)N3C2)nc2ccccc21. The van der Waals surface area contributed by atoms with E-state index in [1.807, 2.05) is 48.8 Å². The molecule has 2 saturated carbocycles. The lowest BCUT2D eigenvalue weighted by Gasteiger charge is -2.30. The molecular weight excluding hydrogens is 757 g/mol. The molecule has 3 amide bonds. The normalized spacial score (nSPS) is 27.4. The van der Waals surface area contributed by atoms with E-state index in [0.717, 1.165) is 17.6 Å². The molecule has 0 spiro atoms. The summed E-state index contributed by atoms with van der Waals surface area (Å²) >= 11 is 0. The molecule has 1 aromatic heterocycles. The number of nitrogens with zero attached hydrogens (tertiary/aromatic N) is 3. The number of aromatic nitrogens is 2. The van der Waals surface area contributed by atoms with Crippen molar-refractivity contribution in [1.82, 2.24) is 24.5 Å². The molecule has 4 aliphatic rings. The minimum atomic E-state index is -4.84. The summed E-state index contributed by atoms with van der Waals surface area (Å²) in [6, 6.07) is 7.21. The largest absolute Gasteiger partial charge is 0.459 e. The molecule has 2 aliphatic heterocycles. The number of para-hydroxylation sites is 2. The second-order valence-corrected chi connectivity index (χ2v) is 18.2. The molecule has 2 aliphatic carbocycles. The summed E-state index contributed by atoms with van der Waals surface area (Å²) in [4.78, 5) is 48.9. The molecule has 1 saturated heterocycles. The molecule has 3 aromatic rings. The Morgan fingerprint density at radius 2 is 1.84 bits per heavy atom. The number of hydrogen-bond acceptors (Lipinski definition) is 8. The number of ether oxygens (including phenoxy) is 1. The van der Waals surface area contributed by atoms with Crippen LogP contribution in [-0.4, -0.2) is 75.6 Å². The van der Waals surface area contributed by atoms with Crippen LogP contribution >= 0.6 is 0 Å². The third-order valence-corrected chi connectivity index (χ3v) is 13.6. The smallest absolute Gasteiger partial charge is 0.416 e. The van der Waals surface area contributed by atoms with Crippen molar-refractivity contribution in [2.75, 3.05) is 11.9 Å². The highest BCUT2D eigenvalue weighted by Crippen LogP contribution is 2.47. The maximum Gasteiger partial charge on any atom is 0.416 e. The van der Waals surface area contributed by atoms with E-state index in [9.17, 15) is 40.4 Å². The molecule has 0 bridgehead atoms. The van der Waals surface area contributed by atoms with Gasteiger partial charge >= 0.3 is 6.18 Å². The third-order valence-electron chi connectivity index (χ3n) is 11.4. The van der Waals surface area contributed by atoms with E-state index in [2.05, 4.69) is 20.3 Å². The number of carbonyl (C=O) groups is 3. The molecule has 3 heterocycles. The van der Waals surface area contributed by atoms with Gasteiger partial charge in [0.1, 0.15) is 29.5 Å². The van der Waals surface area contributed by atoms with E-state index in [-0.39, 0.29) is 43.5 Å². The third kappa shape index (κ3) is 7.83. The van der Waals surface area contributed by atoms with Crippen LogP contribution in [0.2, 0.25) is 0 Å². The van der Waals surface area contributed by atoms with Gasteiger partial charge in [-0.2, -0.15) is 18.2 Å². The summed E-state index contributed by atoms with van der Waals surface area (Å²) < 4.78 is 91.3. The zero-order chi connectivity index (χ0) is 40.2. The number of alkyl halides is 3. The molecule has 0 radical (unpaired) electrons. The first kappa shape index (κ1) is 39.6. The van der Waals surface area contributed by atoms with Crippen LogP contribution < -0.4 is 20.1 Å². The van der Waals surface area contributed by atoms with Gasteiger partial charge in [0, 0.05) is 24.1 Å². The number of nitrogens with one attached hydrogen (secondary N) is 3. The molecule has 7 rings (SSSR count). The average Bonchev–Trinajstić information content (AvgIpc) is 3.94. The van der Waals surface area contributed by atoms with Crippen LogP contribution in [0.3, 0.4) is 0 Å². The minimum absolute atomic E-state index is 0.0433. The predicted octanol–water partition coefficient (Wildman–Crippen LogP) is 6.00. The Bertz CT molecular complexity index is 2170. The van der Waals surface area contributed by atoms with Crippen molar-refractivity contribution in [1.29, 1.82) is 0 Å². The number of fused-ring (bicyclic) bond motifs is 3. The highest BCUT2D eigenvalue weighted by molar-refractivity contribution is 7.91. The number of benzene rings is 2. The van der Waals surface area contributed by atoms with Crippen molar-refractivity contribution >= 4 is 44.5 Å². The first-order valence-electron chi connectivity index (χ1n) is 19.0. The lowest BCUT2D eigenvalue weighted by Crippen LogP contribution is -2.58. The van der Waals surface area contributed by atoms with Crippen molar-refractivity contribution in [3.05, 3.63) is 66.0 Å². The number of anilines is 1. The highest BCUT2D eigenvalue weighted by atomic mass is 32.2. The topological polar surface area (TPSA) is 152 Å². The standard InChI is InChI=1S/C39H46F4N6O6S/c1-23(2)49-31-14-10-9-12-29(31)45-36(49)55-28-20-32-33(50)46-38(35(52)47-56(53,54)37(3)15-16-37)21-24(38)11-7-5-4-6-8-13-30(34(51)48(32)22-28)44-27-18-25(39(41,42)43)17-26(40)19-27/h7,9-12,14,17-19,23-24,28,30,32,44H,4-6,8,13,15-16,20-22H2,1-3H3,(H,46,50)(H,47,52)/b11-7-/t24-,28+,30-,32-,38+/m0/s1. The van der Waals surface area contributed by atoms with Crippen LogP contribution in [0.15, 0.2) is 54.6 Å². The predicted molar refractivity (Wildman–Crippen MR) is 199 cm³/mol. The fourth-order valence-electron chi connectivity index (χ4n) is 7.74. The first-order chi connectivity index (χ1) is 26.4. The molecule has 302 valence electrons. The number of carbonyl (C=O) groups excluding carboxylic acids is 3. The summed E-state index contributed by atoms with van der Waals surface area (Å²) in [6.07, 6.45) is 1.48. The summed E-state index contributed by atoms with van der Waals surface area (Å²) in [5.41, 5.74) is -1.59. The first-order valence-corrected chi connectivity index (χ1v) is 20.5. The molecule has 56 heavy (non-hydrogen) atoms. The van der Waals surface area contributed by atoms with Gasteiger partial charge in [-0.05, 0) is 89.6 Å². The van der Waals surface area contributed by atoms with Gasteiger partial charge in [0.15, 0.2) is 0 Å². The Labute approximate surface area is 322 Å². The number of halogens is 4. The molecule has 12 nitrogen and oxygen atoms in total. The quantitative estimate of drug-likeness (QED) is 0.186. The monoisotopic (exact) mass is 802 g/mol. The van der Waals surface area contributed by atoms with Gasteiger partial charge < -0.3 is 20.3 Å². The summed E-state index contributed by atoms with van der Waals surface area (Å²) in [7, 11) is -4.05. The summed E-state index contributed by atoms with van der Waals surface area (Å²) in [5, 5.41) is 5.66. The number of sulfonamides is 1. The number of rotatable bonds is 8. The number of imidazole rings is 1. The minimum Gasteiger partial charge on any atom is -0.459 e. The Balaban J connectivity index is 1.23. The van der Waals surface area contributed by atoms with E-state index in [1.54, 1.807) is 13.0 Å². The van der Waals surface area contributed by atoms with E-state index >= 15 is 0 Å². The van der Waals surface area contributed by atoms with Crippen molar-refractivity contribution in [2.45, 2.75) is 119 Å². The number of hydrogen-bond donors (Lipinski definition) is 3. The number of allylic oxidation sites excluding steroid dienone is 1. The van der Waals surface area contributed by atoms with Gasteiger partial charge in [0.25, 0.3) is 11.9 Å². The van der Waals surface area contributed by atoms with Gasteiger partial charge in [0.05, 0.1) is 27.9 Å². The lowest BCUT2D eigenvalue weighted by molar-refractivity contribution is -0.140. The van der Waals surface area contributed by atoms with Crippen molar-refractivity contribution < 1.29 is 45.1 Å². The van der Waals surface area contributed by atoms with Crippen LogP contribution in [0, 0.1) is 11.7 Å². The van der Waals surface area contributed by atoms with Crippen molar-refractivity contribution in [3.8, 4) is 6.01 Å². The van der Waals surface area contributed by atoms with E-state index < -0.39 is 79.7 Å². The van der Waals surface area contributed by atoms with E-state index in [1.165, 1.54) is 4.90 Å². The Kier molecular flexibility index (Phi) is 10.4. The molecule has 3 N–H and O–H groups in total. The fourth-order valence-corrected chi connectivity index (χ4v) is 9.05. The van der Waals surface area contributed by atoms with Crippen LogP contribution in [0.5, 0.6) is 6.01 Å². The molecule has 17 heteroatoms. The Hall–Kier alpha value is -4.67. The lowest BCUT2D eigenvalue weighted by atomic mass is 10.0. The van der Waals surface area contributed by atoms with Crippen molar-refractivity contribution in [2.24, 2.45) is 5.92 Å². The van der Waals surface area contributed by atoms with Crippen LogP contribution in [0.25, 0.3) is 11.0 Å². The second-order valence-electron chi connectivity index (χ2n) is 16.0. The molecule has 2 aromatic carbocycles. The van der Waals surface area contributed by atoms with Gasteiger partial charge in [-0.25, -0.2) is 12.8 Å². The maximum absolute atomic E-state index is 14.6. The van der Waals surface area contributed by atoms with Gasteiger partial charge in [-0.3, -0.25) is 23.7 Å². The fraction of sp³-hybridized carbons (Fsp3) is 0.538. The van der Waals surface area contributed by atoms with Gasteiger partial charge in [-0.1, -0.05) is 37.1 Å². The zero-order valence-corrected chi connectivity index (χ0v) is 32.2. The molecule has 5 atom stereocenters. The molecule has 0 unspecified atom stereocenters. The molecule has 3 fully saturated rings. The van der Waals surface area contributed by atoms with Crippen LogP contribution in [0.1, 0.15) is 90.2 Å². The van der Waals surface area contributed by atoms with Crippen LogP contribution in [0.4, 0.5) is 23.2 Å².